The van der Waals surface area contributed by atoms with E-state index >= 15 is 0 Å². The molecule has 2 unspecified atom stereocenters. The van der Waals surface area contributed by atoms with Crippen LogP contribution in [0.3, 0.4) is 0 Å². The zero-order valence-electron chi connectivity index (χ0n) is 10.9. The van der Waals surface area contributed by atoms with Crippen LogP contribution < -0.4 is 10.1 Å². The minimum Gasteiger partial charge on any atom is -0.488 e. The first-order valence-corrected chi connectivity index (χ1v) is 8.17. The Morgan fingerprint density at radius 1 is 1.56 bits per heavy atom. The molecule has 0 saturated carbocycles. The highest BCUT2D eigenvalue weighted by Gasteiger charge is 2.23. The topological polar surface area (TPSA) is 21.3 Å². The third-order valence-corrected chi connectivity index (χ3v) is 4.23. The number of fused-ring (bicyclic) bond motifs is 1. The normalized spacial score (nSPS) is 19.4. The van der Waals surface area contributed by atoms with Crippen molar-refractivity contribution in [3.63, 3.8) is 0 Å². The molecule has 1 aromatic rings. The molecule has 0 fully saturated rings. The summed E-state index contributed by atoms with van der Waals surface area (Å²) in [5, 5.41) is 4.37. The van der Waals surface area contributed by atoms with Crippen LogP contribution in [0.25, 0.3) is 0 Å². The van der Waals surface area contributed by atoms with Gasteiger partial charge < -0.3 is 10.1 Å². The molecule has 100 valence electrons. The predicted molar refractivity (Wildman–Crippen MR) is 80.0 cm³/mol. The van der Waals surface area contributed by atoms with Gasteiger partial charge >= 0.3 is 0 Å². The molecule has 18 heavy (non-hydrogen) atoms. The van der Waals surface area contributed by atoms with Crippen molar-refractivity contribution in [1.82, 2.24) is 5.32 Å². The van der Waals surface area contributed by atoms with Crippen LogP contribution in [-0.4, -0.2) is 30.7 Å². The van der Waals surface area contributed by atoms with Crippen LogP contribution in [0.15, 0.2) is 18.2 Å². The molecule has 1 N–H and O–H groups in total. The third-order valence-electron chi connectivity index (χ3n) is 3.26. The van der Waals surface area contributed by atoms with E-state index in [2.05, 4.69) is 18.5 Å². The second-order valence-corrected chi connectivity index (χ2v) is 6.01. The van der Waals surface area contributed by atoms with Gasteiger partial charge in [0.1, 0.15) is 11.9 Å². The van der Waals surface area contributed by atoms with Gasteiger partial charge in [0.2, 0.25) is 0 Å². The van der Waals surface area contributed by atoms with E-state index in [0.29, 0.717) is 6.04 Å². The molecule has 1 aromatic carbocycles. The molecule has 2 nitrogen and oxygen atoms in total. The molecule has 0 saturated heterocycles. The first kappa shape index (κ1) is 14.0. The number of ether oxygens (including phenoxy) is 1. The maximum Gasteiger partial charge on any atom is 0.123 e. The number of benzene rings is 1. The average Bonchev–Trinajstić information content (AvgIpc) is 2.76. The Kier molecular flexibility index (Phi) is 5.22. The maximum absolute atomic E-state index is 5.99. The number of hydrogen-bond acceptors (Lipinski definition) is 3. The van der Waals surface area contributed by atoms with E-state index in [9.17, 15) is 0 Å². The summed E-state index contributed by atoms with van der Waals surface area (Å²) in [5.41, 5.74) is 1.23. The van der Waals surface area contributed by atoms with E-state index in [1.165, 1.54) is 5.56 Å². The standard InChI is InChI=1S/C14H20ClNOS/c1-3-12(9-18-2)16-8-13-7-10-6-11(15)4-5-14(10)17-13/h4-6,12-13,16H,3,7-9H2,1-2H3. The Morgan fingerprint density at radius 2 is 2.39 bits per heavy atom. The lowest BCUT2D eigenvalue weighted by Crippen LogP contribution is -2.38. The maximum atomic E-state index is 5.99. The first-order valence-electron chi connectivity index (χ1n) is 6.40. The van der Waals surface area contributed by atoms with Gasteiger partial charge in [0.15, 0.2) is 0 Å². The Labute approximate surface area is 118 Å². The van der Waals surface area contributed by atoms with Crippen molar-refractivity contribution in [2.24, 2.45) is 0 Å². The SMILES string of the molecule is CCC(CSC)NCC1Cc2cc(Cl)ccc2O1. The molecule has 2 atom stereocenters. The number of hydrogen-bond donors (Lipinski definition) is 1. The number of nitrogens with one attached hydrogen (secondary N) is 1. The Balaban J connectivity index is 1.84. The molecular weight excluding hydrogens is 266 g/mol. The summed E-state index contributed by atoms with van der Waals surface area (Å²) < 4.78 is 5.91. The number of thioether (sulfide) groups is 1. The average molecular weight is 286 g/mol. The van der Waals surface area contributed by atoms with E-state index in [4.69, 9.17) is 16.3 Å². The second-order valence-electron chi connectivity index (χ2n) is 4.66. The van der Waals surface area contributed by atoms with Crippen molar-refractivity contribution < 1.29 is 4.74 Å². The van der Waals surface area contributed by atoms with E-state index in [0.717, 1.165) is 35.9 Å². The summed E-state index contributed by atoms with van der Waals surface area (Å²) in [6.07, 6.45) is 4.51. The van der Waals surface area contributed by atoms with Crippen molar-refractivity contribution in [1.29, 1.82) is 0 Å². The summed E-state index contributed by atoms with van der Waals surface area (Å²) in [6, 6.07) is 6.45. The highest BCUT2D eigenvalue weighted by Crippen LogP contribution is 2.30. The van der Waals surface area contributed by atoms with Crippen LogP contribution in [0.4, 0.5) is 0 Å². The minimum absolute atomic E-state index is 0.245. The fourth-order valence-corrected chi connectivity index (χ4v) is 3.17. The van der Waals surface area contributed by atoms with Gasteiger partial charge in [0, 0.05) is 29.8 Å². The van der Waals surface area contributed by atoms with Crippen LogP contribution in [0.2, 0.25) is 5.02 Å². The van der Waals surface area contributed by atoms with Crippen LogP contribution in [0.1, 0.15) is 18.9 Å². The number of halogens is 1. The van der Waals surface area contributed by atoms with Gasteiger partial charge in [-0.2, -0.15) is 11.8 Å². The molecule has 0 aliphatic carbocycles. The molecule has 0 bridgehead atoms. The third kappa shape index (κ3) is 3.56. The fourth-order valence-electron chi connectivity index (χ4n) is 2.22. The van der Waals surface area contributed by atoms with Crippen molar-refractivity contribution >= 4 is 23.4 Å². The largest absolute Gasteiger partial charge is 0.488 e. The lowest BCUT2D eigenvalue weighted by molar-refractivity contribution is 0.222. The van der Waals surface area contributed by atoms with Gasteiger partial charge in [-0.3, -0.25) is 0 Å². The highest BCUT2D eigenvalue weighted by molar-refractivity contribution is 7.98. The Morgan fingerprint density at radius 3 is 3.11 bits per heavy atom. The molecule has 1 aliphatic heterocycles. The Hall–Kier alpha value is -0.380. The Bertz CT molecular complexity index is 399. The van der Waals surface area contributed by atoms with E-state index in [-0.39, 0.29) is 6.10 Å². The van der Waals surface area contributed by atoms with Crippen molar-refractivity contribution in [3.8, 4) is 5.75 Å². The first-order chi connectivity index (χ1) is 8.72. The van der Waals surface area contributed by atoms with Gasteiger partial charge in [0.25, 0.3) is 0 Å². The molecular formula is C14H20ClNOS. The summed E-state index contributed by atoms with van der Waals surface area (Å²) in [6.45, 7) is 3.13. The molecule has 1 heterocycles. The van der Waals surface area contributed by atoms with E-state index in [1.807, 2.05) is 30.0 Å². The highest BCUT2D eigenvalue weighted by atomic mass is 35.5. The van der Waals surface area contributed by atoms with Crippen molar-refractivity contribution in [3.05, 3.63) is 28.8 Å². The minimum atomic E-state index is 0.245. The zero-order chi connectivity index (χ0) is 13.0. The number of rotatable bonds is 6. The predicted octanol–water partition coefficient (Wildman–Crippen LogP) is 3.37. The summed E-state index contributed by atoms with van der Waals surface area (Å²) in [5.74, 6) is 2.14. The second kappa shape index (κ2) is 6.69. The summed E-state index contributed by atoms with van der Waals surface area (Å²) in [7, 11) is 0. The van der Waals surface area contributed by atoms with Crippen LogP contribution >= 0.6 is 23.4 Å². The quantitative estimate of drug-likeness (QED) is 0.866. The molecule has 1 aliphatic rings. The van der Waals surface area contributed by atoms with Crippen molar-refractivity contribution in [2.45, 2.75) is 31.9 Å². The summed E-state index contributed by atoms with van der Waals surface area (Å²) in [4.78, 5) is 0. The van der Waals surface area contributed by atoms with Crippen LogP contribution in [-0.2, 0) is 6.42 Å². The molecule has 0 amide bonds. The molecule has 4 heteroatoms. The monoisotopic (exact) mass is 285 g/mol. The van der Waals surface area contributed by atoms with Crippen molar-refractivity contribution in [2.75, 3.05) is 18.6 Å². The zero-order valence-corrected chi connectivity index (χ0v) is 12.5. The van der Waals surface area contributed by atoms with Gasteiger partial charge in [-0.1, -0.05) is 18.5 Å². The van der Waals surface area contributed by atoms with Crippen LogP contribution in [0.5, 0.6) is 5.75 Å². The van der Waals surface area contributed by atoms with E-state index < -0.39 is 0 Å². The van der Waals surface area contributed by atoms with Gasteiger partial charge in [-0.25, -0.2) is 0 Å². The lowest BCUT2D eigenvalue weighted by atomic mass is 10.1. The lowest BCUT2D eigenvalue weighted by Gasteiger charge is -2.18. The van der Waals surface area contributed by atoms with Gasteiger partial charge in [0.05, 0.1) is 0 Å². The molecule has 2 rings (SSSR count). The molecule has 0 aromatic heterocycles. The molecule has 0 radical (unpaired) electrons. The van der Waals surface area contributed by atoms with Crippen LogP contribution in [0, 0.1) is 0 Å². The summed E-state index contributed by atoms with van der Waals surface area (Å²) >= 11 is 7.87. The smallest absolute Gasteiger partial charge is 0.123 e. The van der Waals surface area contributed by atoms with Gasteiger partial charge in [-0.05, 0) is 36.4 Å². The molecule has 0 spiro atoms. The van der Waals surface area contributed by atoms with E-state index in [1.54, 1.807) is 0 Å². The fraction of sp³-hybridized carbons (Fsp3) is 0.571. The van der Waals surface area contributed by atoms with Gasteiger partial charge in [-0.15, -0.1) is 0 Å².